The fourth-order valence-electron chi connectivity index (χ4n) is 2.71. The molecule has 0 spiro atoms. The Morgan fingerprint density at radius 1 is 0.818 bits per heavy atom. The lowest BCUT2D eigenvalue weighted by molar-refractivity contribution is -0.136. The summed E-state index contributed by atoms with van der Waals surface area (Å²) in [6.45, 7) is 8.93. The topological polar surface area (TPSA) is 36.9 Å². The molecule has 4 heteroatoms. The van der Waals surface area contributed by atoms with Crippen LogP contribution in [-0.2, 0) is 9.47 Å². The van der Waals surface area contributed by atoms with Crippen molar-refractivity contribution in [1.29, 1.82) is 0 Å². The van der Waals surface area contributed by atoms with E-state index >= 15 is 0 Å². The van der Waals surface area contributed by atoms with Crippen molar-refractivity contribution < 1.29 is 18.9 Å². The van der Waals surface area contributed by atoms with E-state index in [1.807, 2.05) is 24.3 Å². The van der Waals surface area contributed by atoms with Crippen LogP contribution in [-0.4, -0.2) is 39.6 Å². The molecule has 3 rings (SSSR count). The molecule has 0 saturated carbocycles. The molecule has 2 saturated heterocycles. The molecule has 0 aliphatic carbocycles. The molecule has 4 nitrogen and oxygen atoms in total. The molecule has 0 N–H and O–H groups in total. The van der Waals surface area contributed by atoms with E-state index < -0.39 is 0 Å². The van der Waals surface area contributed by atoms with E-state index in [0.29, 0.717) is 13.2 Å². The minimum absolute atomic E-state index is 0.180. The lowest BCUT2D eigenvalue weighted by Gasteiger charge is -2.41. The van der Waals surface area contributed by atoms with Crippen LogP contribution in [0.1, 0.15) is 26.7 Å². The van der Waals surface area contributed by atoms with Crippen LogP contribution in [0.2, 0.25) is 0 Å². The van der Waals surface area contributed by atoms with Gasteiger partial charge in [-0.25, -0.2) is 0 Å². The van der Waals surface area contributed by atoms with Gasteiger partial charge in [-0.3, -0.25) is 0 Å². The van der Waals surface area contributed by atoms with Gasteiger partial charge in [0.15, 0.2) is 11.5 Å². The number of rotatable bonds is 8. The Balaban J connectivity index is 1.60. The van der Waals surface area contributed by atoms with Gasteiger partial charge in [-0.2, -0.15) is 0 Å². The highest BCUT2D eigenvalue weighted by Gasteiger charge is 2.39. The minimum atomic E-state index is 0.180. The van der Waals surface area contributed by atoms with E-state index in [1.54, 1.807) is 0 Å². The van der Waals surface area contributed by atoms with Crippen molar-refractivity contribution in [2.45, 2.75) is 26.7 Å². The molecule has 2 heterocycles. The first kappa shape index (κ1) is 15.6. The van der Waals surface area contributed by atoms with Gasteiger partial charge in [0, 0.05) is 0 Å². The molecule has 22 heavy (non-hydrogen) atoms. The minimum Gasteiger partial charge on any atom is -0.489 e. The number of benzene rings is 1. The van der Waals surface area contributed by atoms with E-state index in [9.17, 15) is 0 Å². The van der Waals surface area contributed by atoms with Gasteiger partial charge >= 0.3 is 0 Å². The summed E-state index contributed by atoms with van der Waals surface area (Å²) in [7, 11) is 0. The number of hydrogen-bond acceptors (Lipinski definition) is 4. The summed E-state index contributed by atoms with van der Waals surface area (Å²) in [4.78, 5) is 0. The second-order valence-corrected chi connectivity index (χ2v) is 6.72. The predicted octanol–water partition coefficient (Wildman–Crippen LogP) is 3.30. The maximum atomic E-state index is 6.05. The van der Waals surface area contributed by atoms with Crippen LogP contribution in [0.15, 0.2) is 24.3 Å². The molecule has 0 radical (unpaired) electrons. The van der Waals surface area contributed by atoms with Crippen molar-refractivity contribution in [3.8, 4) is 11.5 Å². The Morgan fingerprint density at radius 2 is 1.23 bits per heavy atom. The van der Waals surface area contributed by atoms with Gasteiger partial charge in [0.05, 0.1) is 50.5 Å². The van der Waals surface area contributed by atoms with E-state index in [2.05, 4.69) is 13.8 Å². The van der Waals surface area contributed by atoms with Crippen molar-refractivity contribution in [2.75, 3.05) is 39.6 Å². The Hall–Kier alpha value is -1.26. The van der Waals surface area contributed by atoms with E-state index in [0.717, 1.165) is 50.8 Å². The molecule has 1 aromatic rings. The first-order valence-corrected chi connectivity index (χ1v) is 8.21. The molecule has 2 aliphatic rings. The second-order valence-electron chi connectivity index (χ2n) is 6.72. The number of para-hydroxylation sites is 2. The lowest BCUT2D eigenvalue weighted by Crippen LogP contribution is -2.47. The normalized spacial score (nSPS) is 21.5. The van der Waals surface area contributed by atoms with Gasteiger partial charge < -0.3 is 18.9 Å². The van der Waals surface area contributed by atoms with Crippen molar-refractivity contribution in [3.05, 3.63) is 24.3 Å². The third kappa shape index (κ3) is 3.08. The molecule has 0 atom stereocenters. The van der Waals surface area contributed by atoms with Gasteiger partial charge in [-0.05, 0) is 25.0 Å². The van der Waals surface area contributed by atoms with Gasteiger partial charge in [0.2, 0.25) is 0 Å². The highest BCUT2D eigenvalue weighted by molar-refractivity contribution is 5.39. The highest BCUT2D eigenvalue weighted by atomic mass is 16.5. The number of ether oxygens (including phenoxy) is 4. The third-order valence-electron chi connectivity index (χ3n) is 5.05. The fourth-order valence-corrected chi connectivity index (χ4v) is 2.71. The largest absolute Gasteiger partial charge is 0.489 e. The molecule has 122 valence electrons. The molecule has 1 aromatic carbocycles. The molecule has 0 bridgehead atoms. The van der Waals surface area contributed by atoms with Crippen LogP contribution in [0, 0.1) is 10.8 Å². The zero-order chi connectivity index (χ0) is 15.5. The maximum Gasteiger partial charge on any atom is 0.161 e. The van der Waals surface area contributed by atoms with Crippen LogP contribution >= 0.6 is 0 Å². The van der Waals surface area contributed by atoms with Crippen molar-refractivity contribution in [3.63, 3.8) is 0 Å². The zero-order valence-electron chi connectivity index (χ0n) is 13.6. The molecular weight excluding hydrogens is 280 g/mol. The van der Waals surface area contributed by atoms with Gasteiger partial charge in [-0.1, -0.05) is 26.0 Å². The van der Waals surface area contributed by atoms with Gasteiger partial charge in [0.25, 0.3) is 0 Å². The third-order valence-corrected chi connectivity index (χ3v) is 5.05. The molecule has 0 amide bonds. The maximum absolute atomic E-state index is 6.05. The van der Waals surface area contributed by atoms with Gasteiger partial charge in [-0.15, -0.1) is 0 Å². The number of hydrogen-bond donors (Lipinski definition) is 0. The standard InChI is InChI=1S/C18H26O4/c1-3-17(9-19-10-17)13-21-15-7-5-6-8-16(15)22-14-18(4-2)11-20-12-18/h5-8H,3-4,9-14H2,1-2H3. The first-order valence-electron chi connectivity index (χ1n) is 8.21. The fraction of sp³-hybridized carbons (Fsp3) is 0.667. The van der Waals surface area contributed by atoms with Gasteiger partial charge in [0.1, 0.15) is 0 Å². The Morgan fingerprint density at radius 3 is 1.50 bits per heavy atom. The van der Waals surface area contributed by atoms with Crippen molar-refractivity contribution in [2.24, 2.45) is 10.8 Å². The monoisotopic (exact) mass is 306 g/mol. The average molecular weight is 306 g/mol. The smallest absolute Gasteiger partial charge is 0.161 e. The molecule has 2 fully saturated rings. The molecule has 0 unspecified atom stereocenters. The summed E-state index contributed by atoms with van der Waals surface area (Å²) in [5, 5.41) is 0. The summed E-state index contributed by atoms with van der Waals surface area (Å²) < 4.78 is 22.8. The predicted molar refractivity (Wildman–Crippen MR) is 84.5 cm³/mol. The van der Waals surface area contributed by atoms with E-state index in [4.69, 9.17) is 18.9 Å². The van der Waals surface area contributed by atoms with E-state index in [-0.39, 0.29) is 10.8 Å². The quantitative estimate of drug-likeness (QED) is 0.738. The van der Waals surface area contributed by atoms with Crippen LogP contribution < -0.4 is 9.47 Å². The van der Waals surface area contributed by atoms with Crippen molar-refractivity contribution >= 4 is 0 Å². The lowest BCUT2D eigenvalue weighted by atomic mass is 9.84. The van der Waals surface area contributed by atoms with Crippen LogP contribution in [0.5, 0.6) is 11.5 Å². The first-order chi connectivity index (χ1) is 10.7. The van der Waals surface area contributed by atoms with Crippen LogP contribution in [0.4, 0.5) is 0 Å². The zero-order valence-corrected chi connectivity index (χ0v) is 13.6. The summed E-state index contributed by atoms with van der Waals surface area (Å²) in [6.07, 6.45) is 2.15. The SMILES string of the molecule is CCC1(COc2ccccc2OCC2(CC)COC2)COC1. The Kier molecular flexibility index (Phi) is 4.59. The second kappa shape index (κ2) is 6.47. The summed E-state index contributed by atoms with van der Waals surface area (Å²) in [6, 6.07) is 7.93. The Bertz CT molecular complexity index is 436. The molecular formula is C18H26O4. The molecule has 0 aromatic heterocycles. The van der Waals surface area contributed by atoms with Crippen molar-refractivity contribution in [1.82, 2.24) is 0 Å². The van der Waals surface area contributed by atoms with Crippen LogP contribution in [0.3, 0.4) is 0 Å². The van der Waals surface area contributed by atoms with E-state index in [1.165, 1.54) is 0 Å². The highest BCUT2D eigenvalue weighted by Crippen LogP contribution is 2.36. The summed E-state index contributed by atoms with van der Waals surface area (Å²) in [5.41, 5.74) is 0.360. The summed E-state index contributed by atoms with van der Waals surface area (Å²) in [5.74, 6) is 1.66. The molecule has 2 aliphatic heterocycles. The summed E-state index contributed by atoms with van der Waals surface area (Å²) >= 11 is 0. The van der Waals surface area contributed by atoms with Crippen LogP contribution in [0.25, 0.3) is 0 Å². The average Bonchev–Trinajstić information content (AvgIpc) is 2.47. The Labute approximate surface area is 132 Å².